The minimum absolute atomic E-state index is 0. The molecule has 0 aromatic heterocycles. The van der Waals surface area contributed by atoms with Crippen LogP contribution in [0.5, 0.6) is 0 Å². The van der Waals surface area contributed by atoms with Gasteiger partial charge in [0.1, 0.15) is 0 Å². The highest BCUT2D eigenvalue weighted by Gasteiger charge is 2.37. The summed E-state index contributed by atoms with van der Waals surface area (Å²) >= 11 is 4.10. The Morgan fingerprint density at radius 2 is 1.00 bits per heavy atom. The van der Waals surface area contributed by atoms with Gasteiger partial charge in [0.2, 0.25) is 0 Å². The lowest BCUT2D eigenvalue weighted by molar-refractivity contribution is 0.616. The molecule has 0 spiro atoms. The zero-order valence-corrected chi connectivity index (χ0v) is 17.2. The van der Waals surface area contributed by atoms with Gasteiger partial charge in [-0.2, -0.15) is 0 Å². The van der Waals surface area contributed by atoms with Crippen molar-refractivity contribution in [2.24, 2.45) is 0 Å². The quantitative estimate of drug-likeness (QED) is 0.386. The van der Waals surface area contributed by atoms with Crippen LogP contribution in [-0.4, -0.2) is 0 Å². The molecule has 0 aliphatic heterocycles. The summed E-state index contributed by atoms with van der Waals surface area (Å²) in [5.74, 6) is 0.304. The van der Waals surface area contributed by atoms with E-state index in [1.165, 1.54) is 16.7 Å². The maximum atomic E-state index is 4.10. The molecule has 0 amide bonds. The number of hydrogen-bond donors (Lipinski definition) is 0. The zero-order chi connectivity index (χ0) is 15.4. The molecule has 0 aliphatic carbocycles. The van der Waals surface area contributed by atoms with E-state index in [2.05, 4.69) is 114 Å². The third kappa shape index (κ3) is 3.57. The molecule has 0 fully saturated rings. The van der Waals surface area contributed by atoms with Gasteiger partial charge < -0.3 is 0 Å². The number of rotatable bonds is 4. The van der Waals surface area contributed by atoms with Crippen molar-refractivity contribution in [2.75, 3.05) is 0 Å². The van der Waals surface area contributed by atoms with Gasteiger partial charge in [0.05, 0.1) is 4.32 Å². The molecule has 2 unspecified atom stereocenters. The third-order valence-electron chi connectivity index (χ3n) is 4.28. The predicted molar refractivity (Wildman–Crippen MR) is 110 cm³/mol. The summed E-state index contributed by atoms with van der Waals surface area (Å²) in [6.07, 6.45) is 0. The Labute approximate surface area is 150 Å². The lowest BCUT2D eigenvalue weighted by Crippen LogP contribution is -2.27. The summed E-state index contributed by atoms with van der Waals surface area (Å²) in [5.41, 5.74) is 3.88. The molecule has 0 aliphatic rings. The lowest BCUT2D eigenvalue weighted by Gasteiger charge is -2.35. The molecule has 118 valence electrons. The molecular weight excluding hydrogens is 363 g/mol. The van der Waals surface area contributed by atoms with Gasteiger partial charge in [0.25, 0.3) is 0 Å². The summed E-state index contributed by atoms with van der Waals surface area (Å²) in [6, 6.07) is 32.0. The van der Waals surface area contributed by atoms with Crippen LogP contribution >= 0.6 is 25.8 Å². The van der Waals surface area contributed by atoms with Crippen molar-refractivity contribution in [3.63, 3.8) is 0 Å². The Morgan fingerprint density at radius 1 is 0.652 bits per heavy atom. The maximum absolute atomic E-state index is 4.10. The Balaban J connectivity index is 0.00000192. The SMILES string of the molecule is CC(c1ccccc1)C(Br)(c1ccccc1)c1ccccc1.[PH4+]. The first kappa shape index (κ1) is 17.9. The number of alkyl halides is 1. The summed E-state index contributed by atoms with van der Waals surface area (Å²) in [7, 11) is 0. The van der Waals surface area contributed by atoms with Crippen molar-refractivity contribution < 1.29 is 0 Å². The van der Waals surface area contributed by atoms with Crippen molar-refractivity contribution in [1.82, 2.24) is 0 Å². The minimum Gasteiger partial charge on any atom is -0.0742 e. The molecule has 2 atom stereocenters. The Kier molecular flexibility index (Phi) is 6.16. The highest BCUT2D eigenvalue weighted by atomic mass is 79.9. The molecule has 0 nitrogen and oxygen atoms in total. The molecule has 23 heavy (non-hydrogen) atoms. The molecule has 2 heteroatoms. The van der Waals surface area contributed by atoms with Crippen LogP contribution in [-0.2, 0) is 4.32 Å². The summed E-state index contributed by atoms with van der Waals surface area (Å²) in [6.45, 7) is 2.28. The van der Waals surface area contributed by atoms with Gasteiger partial charge in [0, 0.05) is 5.92 Å². The monoisotopic (exact) mass is 385 g/mol. The highest BCUT2D eigenvalue weighted by Crippen LogP contribution is 2.49. The number of benzene rings is 3. The van der Waals surface area contributed by atoms with Crippen LogP contribution in [0.2, 0.25) is 0 Å². The largest absolute Gasteiger partial charge is 0.0820 e. The molecule has 3 aromatic carbocycles. The van der Waals surface area contributed by atoms with Gasteiger partial charge >= 0.3 is 0 Å². The lowest BCUT2D eigenvalue weighted by atomic mass is 9.78. The van der Waals surface area contributed by atoms with Crippen LogP contribution in [0.1, 0.15) is 29.5 Å². The topological polar surface area (TPSA) is 0 Å². The van der Waals surface area contributed by atoms with Crippen molar-refractivity contribution in [3.8, 4) is 0 Å². The molecule has 0 bridgehead atoms. The molecule has 0 radical (unpaired) electrons. The predicted octanol–water partition coefficient (Wildman–Crippen LogP) is 5.92. The Morgan fingerprint density at radius 3 is 1.39 bits per heavy atom. The highest BCUT2D eigenvalue weighted by molar-refractivity contribution is 9.09. The van der Waals surface area contributed by atoms with E-state index in [1.54, 1.807) is 0 Å². The average molecular weight is 386 g/mol. The van der Waals surface area contributed by atoms with Crippen LogP contribution in [0.3, 0.4) is 0 Å². The van der Waals surface area contributed by atoms with Gasteiger partial charge in [-0.3, -0.25) is 0 Å². The average Bonchev–Trinajstić information content (AvgIpc) is 2.62. The van der Waals surface area contributed by atoms with E-state index in [-0.39, 0.29) is 14.2 Å². The van der Waals surface area contributed by atoms with Gasteiger partial charge in [-0.15, -0.1) is 0 Å². The van der Waals surface area contributed by atoms with E-state index < -0.39 is 0 Å². The normalized spacial score (nSPS) is 12.3. The second-order valence-corrected chi connectivity index (χ2v) is 6.83. The van der Waals surface area contributed by atoms with Crippen LogP contribution in [0.15, 0.2) is 91.0 Å². The van der Waals surface area contributed by atoms with Crippen LogP contribution in [0.4, 0.5) is 0 Å². The van der Waals surface area contributed by atoms with E-state index in [9.17, 15) is 0 Å². The number of hydrogen-bond acceptors (Lipinski definition) is 0. The molecule has 3 aromatic rings. The van der Waals surface area contributed by atoms with Crippen molar-refractivity contribution in [2.45, 2.75) is 17.2 Å². The first-order valence-electron chi connectivity index (χ1n) is 7.58. The van der Waals surface area contributed by atoms with E-state index in [0.29, 0.717) is 5.92 Å². The molecule has 0 N–H and O–H groups in total. The molecule has 3 rings (SSSR count). The van der Waals surface area contributed by atoms with Crippen molar-refractivity contribution in [1.29, 1.82) is 0 Å². The van der Waals surface area contributed by atoms with Gasteiger partial charge in [-0.1, -0.05) is 114 Å². The summed E-state index contributed by atoms with van der Waals surface area (Å²) < 4.78 is -0.239. The fourth-order valence-corrected chi connectivity index (χ4v) is 3.79. The fourth-order valence-electron chi connectivity index (χ4n) is 3.00. The first-order valence-corrected chi connectivity index (χ1v) is 8.37. The Hall–Kier alpha value is -1.43. The van der Waals surface area contributed by atoms with Crippen LogP contribution < -0.4 is 0 Å². The molecular formula is C21H23BrP+. The summed E-state index contributed by atoms with van der Waals surface area (Å²) in [5, 5.41) is 0. The molecule has 0 heterocycles. The van der Waals surface area contributed by atoms with Crippen LogP contribution in [0, 0.1) is 0 Å². The van der Waals surface area contributed by atoms with Crippen molar-refractivity contribution >= 4 is 25.8 Å². The standard InChI is InChI=1S/C21H19Br.H3P/c1-17(18-11-5-2-6-12-18)21(22,19-13-7-3-8-14-19)20-15-9-4-10-16-20;/h2-17H,1H3;1H3/p+1. The maximum Gasteiger partial charge on any atom is 0.0820 e. The summed E-state index contributed by atoms with van der Waals surface area (Å²) in [4.78, 5) is 0. The second-order valence-electron chi connectivity index (χ2n) is 5.58. The zero-order valence-electron chi connectivity index (χ0n) is 13.6. The fraction of sp³-hybridized carbons (Fsp3) is 0.143. The number of halogens is 1. The van der Waals surface area contributed by atoms with Crippen molar-refractivity contribution in [3.05, 3.63) is 108 Å². The van der Waals surface area contributed by atoms with Gasteiger partial charge in [0.15, 0.2) is 0 Å². The van der Waals surface area contributed by atoms with Gasteiger partial charge in [-0.05, 0) is 26.6 Å². The minimum atomic E-state index is -0.239. The van der Waals surface area contributed by atoms with Crippen LogP contribution in [0.25, 0.3) is 0 Å². The second kappa shape index (κ2) is 7.90. The smallest absolute Gasteiger partial charge is 0.0742 e. The van der Waals surface area contributed by atoms with E-state index in [0.717, 1.165) is 0 Å². The third-order valence-corrected chi connectivity index (χ3v) is 5.89. The van der Waals surface area contributed by atoms with E-state index in [4.69, 9.17) is 0 Å². The first-order chi connectivity index (χ1) is 10.7. The van der Waals surface area contributed by atoms with E-state index >= 15 is 0 Å². The molecule has 0 saturated carbocycles. The van der Waals surface area contributed by atoms with Gasteiger partial charge in [-0.25, -0.2) is 0 Å². The van der Waals surface area contributed by atoms with E-state index in [1.807, 2.05) is 0 Å². The molecule has 0 saturated heterocycles. The Bertz CT molecular complexity index is 671.